The van der Waals surface area contributed by atoms with Crippen molar-refractivity contribution in [2.75, 3.05) is 13.2 Å². The Labute approximate surface area is 256 Å². The van der Waals surface area contributed by atoms with Crippen molar-refractivity contribution in [3.8, 4) is 0 Å². The smallest absolute Gasteiger partial charge is 0.339 e. The molecule has 3 unspecified atom stereocenters. The topological polar surface area (TPSA) is 150 Å². The van der Waals surface area contributed by atoms with E-state index in [1.165, 1.54) is 65.2 Å². The van der Waals surface area contributed by atoms with E-state index in [1.54, 1.807) is 0 Å². The Morgan fingerprint density at radius 3 is 1.49 bits per heavy atom. The van der Waals surface area contributed by atoms with E-state index in [0.29, 0.717) is 19.3 Å². The summed E-state index contributed by atoms with van der Waals surface area (Å²) in [6, 6.07) is 0. The summed E-state index contributed by atoms with van der Waals surface area (Å²) >= 11 is 0. The second-order valence-electron chi connectivity index (χ2n) is 10.8. The molecule has 0 aromatic heterocycles. The minimum atomic E-state index is -1.06. The second kappa shape index (κ2) is 26.9. The molecule has 0 saturated heterocycles. The Balaban J connectivity index is 4.53. The van der Waals surface area contributed by atoms with Crippen LogP contribution in [0.2, 0.25) is 0 Å². The number of ether oxygens (including phenoxy) is 3. The lowest BCUT2D eigenvalue weighted by molar-refractivity contribution is -0.339. The first kappa shape index (κ1) is 40.3. The minimum absolute atomic E-state index is 0.160. The molecule has 0 aliphatic rings. The summed E-state index contributed by atoms with van der Waals surface area (Å²) < 4.78 is 16.0. The highest BCUT2D eigenvalue weighted by Crippen LogP contribution is 2.19. The van der Waals surface area contributed by atoms with Crippen molar-refractivity contribution in [2.45, 2.75) is 156 Å². The molecule has 12 heteroatoms. The molecule has 43 heavy (non-hydrogen) atoms. The molecule has 0 aromatic carbocycles. The van der Waals surface area contributed by atoms with Gasteiger partial charge >= 0.3 is 29.8 Å². The van der Waals surface area contributed by atoms with E-state index in [-0.39, 0.29) is 31.7 Å². The van der Waals surface area contributed by atoms with Crippen LogP contribution in [0.15, 0.2) is 0 Å². The highest BCUT2D eigenvalue weighted by Gasteiger charge is 2.22. The first-order valence-corrected chi connectivity index (χ1v) is 15.7. The molecule has 12 nitrogen and oxygen atoms in total. The lowest BCUT2D eigenvalue weighted by atomic mass is 10.0. The highest BCUT2D eigenvalue weighted by molar-refractivity contribution is 5.71. The zero-order chi connectivity index (χ0) is 32.3. The number of hydrogen-bond acceptors (Lipinski definition) is 12. The van der Waals surface area contributed by atoms with Gasteiger partial charge in [0.1, 0.15) is 25.4 Å². The van der Waals surface area contributed by atoms with Gasteiger partial charge in [-0.3, -0.25) is 24.2 Å². The summed E-state index contributed by atoms with van der Waals surface area (Å²) in [6.07, 6.45) is 13.6. The fourth-order valence-electron chi connectivity index (χ4n) is 4.40. The first-order chi connectivity index (χ1) is 20.5. The number of hydrogen-bond donors (Lipinski definition) is 0. The summed E-state index contributed by atoms with van der Waals surface area (Å²) in [5, 5.41) is 0. The van der Waals surface area contributed by atoms with Gasteiger partial charge in [0.15, 0.2) is 6.10 Å². The van der Waals surface area contributed by atoms with E-state index < -0.39 is 36.1 Å². The number of rotatable bonds is 27. The van der Waals surface area contributed by atoms with Gasteiger partial charge in [0, 0.05) is 27.7 Å². The molecule has 0 aliphatic carbocycles. The fourth-order valence-corrected chi connectivity index (χ4v) is 4.40. The lowest BCUT2D eigenvalue weighted by Gasteiger charge is -2.19. The average Bonchev–Trinajstić information content (AvgIpc) is 2.92. The van der Waals surface area contributed by atoms with Crippen molar-refractivity contribution in [3.05, 3.63) is 0 Å². The summed E-state index contributed by atoms with van der Waals surface area (Å²) in [7, 11) is 0. The quantitative estimate of drug-likeness (QED) is 0.0348. The molecular weight excluding hydrogens is 564 g/mol. The molecule has 0 radical (unpaired) electrons. The van der Waals surface area contributed by atoms with Crippen LogP contribution in [0.4, 0.5) is 0 Å². The van der Waals surface area contributed by atoms with E-state index in [9.17, 15) is 24.0 Å². The zero-order valence-corrected chi connectivity index (χ0v) is 26.9. The van der Waals surface area contributed by atoms with Gasteiger partial charge < -0.3 is 14.2 Å². The van der Waals surface area contributed by atoms with Crippen molar-refractivity contribution < 1.29 is 57.7 Å². The van der Waals surface area contributed by atoms with Crippen molar-refractivity contribution in [2.24, 2.45) is 0 Å². The van der Waals surface area contributed by atoms with Crippen molar-refractivity contribution in [1.29, 1.82) is 0 Å². The van der Waals surface area contributed by atoms with Gasteiger partial charge in [0.25, 0.3) is 0 Å². The van der Waals surface area contributed by atoms with Crippen LogP contribution in [0.25, 0.3) is 0 Å². The standard InChI is InChI=1S/C31H54O12/c1-6-7-8-9-10-11-12-13-14-15-18-28(39-24(2)32)19-16-17-20-29(40-25(3)33)21-31(36)37-22-30(43-42-27(5)35)23-38-41-26(4)34/h28-30H,6-23H2,1-5H3. The van der Waals surface area contributed by atoms with Crippen LogP contribution in [0.3, 0.4) is 0 Å². The molecule has 0 spiro atoms. The minimum Gasteiger partial charge on any atom is -0.463 e. The molecule has 0 amide bonds. The Bertz CT molecular complexity index is 785. The summed E-state index contributed by atoms with van der Waals surface area (Å²) in [6.45, 7) is 6.41. The predicted octanol–water partition coefficient (Wildman–Crippen LogP) is 6.01. The maximum Gasteiger partial charge on any atom is 0.339 e. The molecule has 0 bridgehead atoms. The van der Waals surface area contributed by atoms with Crippen molar-refractivity contribution in [1.82, 2.24) is 0 Å². The zero-order valence-electron chi connectivity index (χ0n) is 26.9. The van der Waals surface area contributed by atoms with Crippen LogP contribution < -0.4 is 0 Å². The molecular formula is C31H54O12. The Hall–Kier alpha value is -2.73. The SMILES string of the molecule is CCCCCCCCCCCCC(CCCCC(CC(=O)OCC(COOC(C)=O)OOC(C)=O)OC(C)=O)OC(C)=O. The monoisotopic (exact) mass is 618 g/mol. The van der Waals surface area contributed by atoms with Gasteiger partial charge in [-0.2, -0.15) is 9.78 Å². The molecule has 0 heterocycles. The molecule has 0 N–H and O–H groups in total. The average molecular weight is 619 g/mol. The second-order valence-corrected chi connectivity index (χ2v) is 10.8. The number of carbonyl (C=O) groups is 5. The van der Waals surface area contributed by atoms with Gasteiger partial charge in [-0.1, -0.05) is 64.7 Å². The van der Waals surface area contributed by atoms with E-state index in [0.717, 1.165) is 39.5 Å². The molecule has 0 rings (SSSR count). The molecule has 0 aromatic rings. The third-order valence-electron chi connectivity index (χ3n) is 6.40. The highest BCUT2D eigenvalue weighted by atomic mass is 17.2. The molecule has 0 aliphatic heterocycles. The predicted molar refractivity (Wildman–Crippen MR) is 156 cm³/mol. The van der Waals surface area contributed by atoms with Crippen molar-refractivity contribution >= 4 is 29.8 Å². The van der Waals surface area contributed by atoms with Gasteiger partial charge in [-0.25, -0.2) is 9.59 Å². The Morgan fingerprint density at radius 2 is 0.977 bits per heavy atom. The van der Waals surface area contributed by atoms with Gasteiger partial charge in [-0.15, -0.1) is 0 Å². The Morgan fingerprint density at radius 1 is 0.512 bits per heavy atom. The normalized spacial score (nSPS) is 13.0. The van der Waals surface area contributed by atoms with Crippen LogP contribution in [-0.2, 0) is 57.7 Å². The van der Waals surface area contributed by atoms with Gasteiger partial charge in [0.05, 0.1) is 6.42 Å². The fraction of sp³-hybridized carbons (Fsp3) is 0.839. The Kier molecular flexibility index (Phi) is 25.2. The summed E-state index contributed by atoms with van der Waals surface area (Å²) in [5.74, 6) is -2.94. The maximum absolute atomic E-state index is 12.4. The van der Waals surface area contributed by atoms with Crippen LogP contribution >= 0.6 is 0 Å². The van der Waals surface area contributed by atoms with Crippen molar-refractivity contribution in [3.63, 3.8) is 0 Å². The first-order valence-electron chi connectivity index (χ1n) is 15.7. The summed E-state index contributed by atoms with van der Waals surface area (Å²) in [4.78, 5) is 75.8. The largest absolute Gasteiger partial charge is 0.463 e. The molecule has 3 atom stereocenters. The molecule has 250 valence electrons. The van der Waals surface area contributed by atoms with E-state index >= 15 is 0 Å². The third-order valence-corrected chi connectivity index (χ3v) is 6.40. The number of unbranched alkanes of at least 4 members (excludes halogenated alkanes) is 10. The molecule has 0 saturated carbocycles. The molecule has 0 fully saturated rings. The van der Waals surface area contributed by atoms with Crippen LogP contribution in [0.5, 0.6) is 0 Å². The summed E-state index contributed by atoms with van der Waals surface area (Å²) in [5.41, 5.74) is 0. The van der Waals surface area contributed by atoms with E-state index in [1.807, 2.05) is 0 Å². The van der Waals surface area contributed by atoms with Gasteiger partial charge in [-0.05, 0) is 38.5 Å². The lowest BCUT2D eigenvalue weighted by Crippen LogP contribution is -2.30. The van der Waals surface area contributed by atoms with E-state index in [2.05, 4.69) is 21.6 Å². The van der Waals surface area contributed by atoms with Crippen LogP contribution in [0.1, 0.15) is 137 Å². The van der Waals surface area contributed by atoms with Crippen LogP contribution in [0, 0.1) is 0 Å². The maximum atomic E-state index is 12.4. The van der Waals surface area contributed by atoms with Crippen LogP contribution in [-0.4, -0.2) is 61.4 Å². The van der Waals surface area contributed by atoms with Gasteiger partial charge in [0.2, 0.25) is 0 Å². The van der Waals surface area contributed by atoms with E-state index in [4.69, 9.17) is 19.1 Å². The number of esters is 3. The third kappa shape index (κ3) is 27.8. The number of carbonyl (C=O) groups excluding carboxylic acids is 5.